The molecule has 2 atom stereocenters. The quantitative estimate of drug-likeness (QED) is 0.668. The zero-order chi connectivity index (χ0) is 16.4. The number of benzene rings is 1. The van der Waals surface area contributed by atoms with E-state index in [1.54, 1.807) is 18.3 Å². The van der Waals surface area contributed by atoms with Crippen molar-refractivity contribution in [1.82, 2.24) is 4.98 Å². The Morgan fingerprint density at radius 1 is 1.48 bits per heavy atom. The minimum Gasteiger partial charge on any atom is -0.301 e. The maximum atomic E-state index is 11.8. The van der Waals surface area contributed by atoms with E-state index in [9.17, 15) is 14.9 Å². The van der Waals surface area contributed by atoms with Gasteiger partial charge in [-0.25, -0.2) is 4.98 Å². The molecule has 1 aromatic carbocycles. The number of thiazole rings is 1. The van der Waals surface area contributed by atoms with Crippen molar-refractivity contribution in [3.8, 4) is 6.07 Å². The molecular weight excluding hydrogens is 316 g/mol. The lowest BCUT2D eigenvalue weighted by molar-refractivity contribution is -0.497. The van der Waals surface area contributed by atoms with Crippen LogP contribution in [-0.2, 0) is 11.2 Å². The zero-order valence-corrected chi connectivity index (χ0v) is 12.7. The lowest BCUT2D eigenvalue weighted by Crippen LogP contribution is -2.18. The van der Waals surface area contributed by atoms with Gasteiger partial charge in [0.1, 0.15) is 5.92 Å². The van der Waals surface area contributed by atoms with Gasteiger partial charge in [0, 0.05) is 28.8 Å². The number of rotatable bonds is 5. The molecule has 1 heterocycles. The van der Waals surface area contributed by atoms with Gasteiger partial charge in [-0.3, -0.25) is 14.9 Å². The molecule has 3 rings (SSSR count). The third kappa shape index (κ3) is 3.52. The normalized spacial score (nSPS) is 18.9. The van der Waals surface area contributed by atoms with Crippen LogP contribution in [0.2, 0.25) is 0 Å². The fourth-order valence-electron chi connectivity index (χ4n) is 2.24. The molecule has 1 aliphatic rings. The van der Waals surface area contributed by atoms with Crippen molar-refractivity contribution in [1.29, 1.82) is 5.26 Å². The van der Waals surface area contributed by atoms with Crippen LogP contribution >= 0.6 is 11.3 Å². The van der Waals surface area contributed by atoms with E-state index >= 15 is 0 Å². The summed E-state index contributed by atoms with van der Waals surface area (Å²) in [6, 6.07) is 8.57. The minimum atomic E-state index is -0.756. The van der Waals surface area contributed by atoms with Gasteiger partial charge < -0.3 is 5.32 Å². The van der Waals surface area contributed by atoms with Crippen LogP contribution in [0.3, 0.4) is 0 Å². The molecule has 116 valence electrons. The number of carbonyl (C=O) groups is 1. The number of nitrogens with one attached hydrogen (secondary N) is 1. The number of hydrogen-bond donors (Lipinski definition) is 1. The van der Waals surface area contributed by atoms with Crippen molar-refractivity contribution < 1.29 is 9.72 Å². The number of amides is 1. The van der Waals surface area contributed by atoms with E-state index in [4.69, 9.17) is 5.26 Å². The third-order valence-electron chi connectivity index (χ3n) is 3.61. The van der Waals surface area contributed by atoms with Gasteiger partial charge in [0.05, 0.1) is 11.6 Å². The molecule has 1 amide bonds. The molecule has 0 spiro atoms. The van der Waals surface area contributed by atoms with Crippen molar-refractivity contribution in [3.63, 3.8) is 0 Å². The van der Waals surface area contributed by atoms with Gasteiger partial charge in [-0.2, -0.15) is 5.26 Å². The van der Waals surface area contributed by atoms with E-state index in [1.807, 2.05) is 12.1 Å². The van der Waals surface area contributed by atoms with E-state index < -0.39 is 16.9 Å². The third-order valence-corrected chi connectivity index (χ3v) is 4.52. The van der Waals surface area contributed by atoms with Gasteiger partial charge in [0.15, 0.2) is 5.13 Å². The molecule has 23 heavy (non-hydrogen) atoms. The predicted molar refractivity (Wildman–Crippen MR) is 83.6 cm³/mol. The van der Waals surface area contributed by atoms with E-state index in [1.165, 1.54) is 11.3 Å². The number of carbonyl (C=O) groups excluding carboxylic acids is 1. The second-order valence-electron chi connectivity index (χ2n) is 5.30. The second kappa shape index (κ2) is 6.14. The van der Waals surface area contributed by atoms with Crippen molar-refractivity contribution in [3.05, 3.63) is 56.6 Å². The molecule has 1 saturated carbocycles. The number of nitro groups is 1. The fourth-order valence-corrected chi connectivity index (χ4v) is 3.09. The van der Waals surface area contributed by atoms with E-state index in [0.29, 0.717) is 23.5 Å². The molecule has 7 nitrogen and oxygen atoms in total. The van der Waals surface area contributed by atoms with Crippen LogP contribution in [0.1, 0.15) is 22.4 Å². The Bertz CT molecular complexity index is 794. The monoisotopic (exact) mass is 328 g/mol. The molecular formula is C15H12N4O3S. The highest BCUT2D eigenvalue weighted by molar-refractivity contribution is 7.15. The SMILES string of the molecule is N#Cc1ccc(Cc2cnc(NC(=O)C3CC3[N+](=O)[O-])s2)cc1. The smallest absolute Gasteiger partial charge is 0.236 e. The van der Waals surface area contributed by atoms with Crippen LogP contribution < -0.4 is 5.32 Å². The summed E-state index contributed by atoms with van der Waals surface area (Å²) >= 11 is 1.34. The Hall–Kier alpha value is -2.79. The largest absolute Gasteiger partial charge is 0.301 e. The van der Waals surface area contributed by atoms with Crippen molar-refractivity contribution in [2.75, 3.05) is 5.32 Å². The highest BCUT2D eigenvalue weighted by atomic mass is 32.1. The van der Waals surface area contributed by atoms with Crippen molar-refractivity contribution >= 4 is 22.4 Å². The highest BCUT2D eigenvalue weighted by Crippen LogP contribution is 2.34. The zero-order valence-electron chi connectivity index (χ0n) is 11.9. The van der Waals surface area contributed by atoms with Gasteiger partial charge in [-0.05, 0) is 17.7 Å². The van der Waals surface area contributed by atoms with Crippen LogP contribution in [0.25, 0.3) is 0 Å². The van der Waals surface area contributed by atoms with Crippen LogP contribution in [-0.4, -0.2) is 21.9 Å². The van der Waals surface area contributed by atoms with Crippen molar-refractivity contribution in [2.24, 2.45) is 5.92 Å². The molecule has 1 aliphatic carbocycles. The van der Waals surface area contributed by atoms with Crippen molar-refractivity contribution in [2.45, 2.75) is 18.9 Å². The summed E-state index contributed by atoms with van der Waals surface area (Å²) in [5.41, 5.74) is 1.65. The Kier molecular flexibility index (Phi) is 4.04. The van der Waals surface area contributed by atoms with E-state index in [0.717, 1.165) is 10.4 Å². The van der Waals surface area contributed by atoms with E-state index in [2.05, 4.69) is 16.4 Å². The van der Waals surface area contributed by atoms with Crippen LogP contribution in [0, 0.1) is 27.4 Å². The molecule has 0 bridgehead atoms. The fraction of sp³-hybridized carbons (Fsp3) is 0.267. The molecule has 1 fully saturated rings. The Balaban J connectivity index is 1.59. The summed E-state index contributed by atoms with van der Waals surface area (Å²) in [6.07, 6.45) is 2.62. The lowest BCUT2D eigenvalue weighted by Gasteiger charge is -1.99. The Labute approximate surface area is 135 Å². The summed E-state index contributed by atoms with van der Waals surface area (Å²) in [5, 5.41) is 22.4. The first kappa shape index (κ1) is 15.1. The molecule has 8 heteroatoms. The summed E-state index contributed by atoms with van der Waals surface area (Å²) in [7, 11) is 0. The molecule has 2 unspecified atom stereocenters. The predicted octanol–water partition coefficient (Wildman–Crippen LogP) is 2.21. The average Bonchev–Trinajstić information content (AvgIpc) is 3.24. The lowest BCUT2D eigenvalue weighted by atomic mass is 10.1. The Morgan fingerprint density at radius 2 is 2.22 bits per heavy atom. The number of nitrogens with zero attached hydrogens (tertiary/aromatic N) is 3. The highest BCUT2D eigenvalue weighted by Gasteiger charge is 2.53. The maximum Gasteiger partial charge on any atom is 0.236 e. The first-order valence-electron chi connectivity index (χ1n) is 6.95. The number of nitriles is 1. The summed E-state index contributed by atoms with van der Waals surface area (Å²) in [5.74, 6) is -0.887. The second-order valence-corrected chi connectivity index (χ2v) is 6.42. The summed E-state index contributed by atoms with van der Waals surface area (Å²) in [6.45, 7) is 0. The molecule has 2 aromatic rings. The first-order chi connectivity index (χ1) is 11.1. The molecule has 1 N–H and O–H groups in total. The van der Waals surface area contributed by atoms with Gasteiger partial charge in [0.25, 0.3) is 0 Å². The minimum absolute atomic E-state index is 0.294. The standard InChI is InChI=1S/C15H12N4O3S/c16-7-10-3-1-9(2-4-10)5-11-8-17-15(23-11)18-14(20)12-6-13(12)19(21)22/h1-4,8,12-13H,5-6H2,(H,17,18,20). The van der Waals surface area contributed by atoms with Crippen LogP contribution in [0.4, 0.5) is 5.13 Å². The summed E-state index contributed by atoms with van der Waals surface area (Å²) < 4.78 is 0. The number of hydrogen-bond acceptors (Lipinski definition) is 6. The Morgan fingerprint density at radius 3 is 2.83 bits per heavy atom. The number of anilines is 1. The molecule has 0 saturated heterocycles. The summed E-state index contributed by atoms with van der Waals surface area (Å²) in [4.78, 5) is 27.1. The number of aromatic nitrogens is 1. The molecule has 0 aliphatic heterocycles. The molecule has 0 radical (unpaired) electrons. The average molecular weight is 328 g/mol. The topological polar surface area (TPSA) is 109 Å². The van der Waals surface area contributed by atoms with E-state index in [-0.39, 0.29) is 5.91 Å². The van der Waals surface area contributed by atoms with Crippen LogP contribution in [0.5, 0.6) is 0 Å². The molecule has 1 aromatic heterocycles. The first-order valence-corrected chi connectivity index (χ1v) is 7.76. The maximum absolute atomic E-state index is 11.8. The van der Waals surface area contributed by atoms with Gasteiger partial charge in [-0.1, -0.05) is 12.1 Å². The van der Waals surface area contributed by atoms with Gasteiger partial charge >= 0.3 is 0 Å². The van der Waals surface area contributed by atoms with Crippen LogP contribution in [0.15, 0.2) is 30.5 Å². The van der Waals surface area contributed by atoms with Gasteiger partial charge in [0.2, 0.25) is 11.9 Å². The van der Waals surface area contributed by atoms with Gasteiger partial charge in [-0.15, -0.1) is 11.3 Å².